The fraction of sp³-hybridized carbons (Fsp3) is 0.300. The summed E-state index contributed by atoms with van der Waals surface area (Å²) in [6.07, 6.45) is 6.53. The zero-order valence-corrected chi connectivity index (χ0v) is 14.8. The summed E-state index contributed by atoms with van der Waals surface area (Å²) in [5.41, 5.74) is 1.92. The van der Waals surface area contributed by atoms with Gasteiger partial charge in [-0.05, 0) is 43.5 Å². The van der Waals surface area contributed by atoms with Crippen molar-refractivity contribution in [2.75, 3.05) is 29.9 Å². The van der Waals surface area contributed by atoms with Crippen molar-refractivity contribution in [2.24, 2.45) is 5.92 Å². The van der Waals surface area contributed by atoms with E-state index >= 15 is 0 Å². The van der Waals surface area contributed by atoms with E-state index in [1.54, 1.807) is 6.20 Å². The monoisotopic (exact) mass is 346 g/mol. The van der Waals surface area contributed by atoms with Crippen LogP contribution < -0.4 is 10.2 Å². The van der Waals surface area contributed by atoms with Crippen molar-refractivity contribution >= 4 is 11.6 Å². The Balaban J connectivity index is 1.44. The van der Waals surface area contributed by atoms with Crippen molar-refractivity contribution in [2.45, 2.75) is 13.3 Å². The first kappa shape index (κ1) is 16.4. The van der Waals surface area contributed by atoms with Gasteiger partial charge in [0, 0.05) is 55.5 Å². The van der Waals surface area contributed by atoms with Gasteiger partial charge in [-0.25, -0.2) is 15.0 Å². The molecule has 1 atom stereocenters. The summed E-state index contributed by atoms with van der Waals surface area (Å²) in [5.74, 6) is 3.25. The van der Waals surface area contributed by atoms with E-state index in [0.29, 0.717) is 5.92 Å². The molecule has 6 nitrogen and oxygen atoms in total. The van der Waals surface area contributed by atoms with Gasteiger partial charge >= 0.3 is 0 Å². The third-order valence-corrected chi connectivity index (χ3v) is 4.61. The van der Waals surface area contributed by atoms with Gasteiger partial charge in [0.25, 0.3) is 0 Å². The number of anilines is 2. The molecule has 3 aromatic rings. The van der Waals surface area contributed by atoms with Gasteiger partial charge in [0.1, 0.15) is 11.6 Å². The molecule has 4 heterocycles. The molecule has 1 saturated heterocycles. The van der Waals surface area contributed by atoms with E-state index in [9.17, 15) is 0 Å². The maximum Gasteiger partial charge on any atom is 0.163 e. The molecular weight excluding hydrogens is 324 g/mol. The second kappa shape index (κ2) is 7.47. The first-order valence-electron chi connectivity index (χ1n) is 8.94. The van der Waals surface area contributed by atoms with Gasteiger partial charge in [-0.3, -0.25) is 4.98 Å². The van der Waals surface area contributed by atoms with Crippen LogP contribution in [0.25, 0.3) is 11.4 Å². The fourth-order valence-electron chi connectivity index (χ4n) is 3.26. The highest BCUT2D eigenvalue weighted by Gasteiger charge is 2.24. The van der Waals surface area contributed by atoms with Crippen LogP contribution in [0.1, 0.15) is 12.1 Å². The number of rotatable bonds is 5. The molecule has 1 unspecified atom stereocenters. The van der Waals surface area contributed by atoms with Crippen molar-refractivity contribution in [1.82, 2.24) is 19.9 Å². The van der Waals surface area contributed by atoms with Gasteiger partial charge in [0.2, 0.25) is 0 Å². The highest BCUT2D eigenvalue weighted by Crippen LogP contribution is 2.25. The van der Waals surface area contributed by atoms with E-state index in [4.69, 9.17) is 4.98 Å². The maximum absolute atomic E-state index is 4.78. The molecule has 1 fully saturated rings. The molecule has 0 aromatic carbocycles. The Morgan fingerprint density at radius 2 is 2.12 bits per heavy atom. The fourth-order valence-corrected chi connectivity index (χ4v) is 3.26. The van der Waals surface area contributed by atoms with Crippen molar-refractivity contribution in [3.8, 4) is 11.4 Å². The maximum atomic E-state index is 4.78. The molecule has 3 aromatic heterocycles. The third kappa shape index (κ3) is 3.79. The number of nitrogens with zero attached hydrogens (tertiary/aromatic N) is 5. The minimum Gasteiger partial charge on any atom is -0.370 e. The lowest BCUT2D eigenvalue weighted by Crippen LogP contribution is -2.23. The first-order valence-corrected chi connectivity index (χ1v) is 8.94. The van der Waals surface area contributed by atoms with E-state index in [1.807, 2.05) is 49.6 Å². The zero-order valence-electron chi connectivity index (χ0n) is 14.8. The molecule has 1 aliphatic heterocycles. The summed E-state index contributed by atoms with van der Waals surface area (Å²) < 4.78 is 0. The van der Waals surface area contributed by atoms with Gasteiger partial charge in [-0.1, -0.05) is 6.07 Å². The standard InChI is InChI=1S/C20H22N6/c1-15-11-19(25-20(24-15)17-5-4-8-21-13-17)26-10-7-16(14-26)12-23-18-6-2-3-9-22-18/h2-6,8-9,11,13,16H,7,10,12,14H2,1H3,(H,22,23). The van der Waals surface area contributed by atoms with E-state index < -0.39 is 0 Å². The Morgan fingerprint density at radius 3 is 2.92 bits per heavy atom. The molecule has 0 amide bonds. The highest BCUT2D eigenvalue weighted by atomic mass is 15.2. The minimum absolute atomic E-state index is 0.578. The lowest BCUT2D eigenvalue weighted by molar-refractivity contribution is 0.621. The van der Waals surface area contributed by atoms with Crippen molar-refractivity contribution < 1.29 is 0 Å². The molecule has 1 aliphatic rings. The Morgan fingerprint density at radius 1 is 1.15 bits per heavy atom. The number of pyridine rings is 2. The van der Waals surface area contributed by atoms with Crippen LogP contribution in [0.3, 0.4) is 0 Å². The summed E-state index contributed by atoms with van der Waals surface area (Å²) in [5, 5.41) is 3.43. The number of hydrogen-bond donors (Lipinski definition) is 1. The predicted molar refractivity (Wildman–Crippen MR) is 103 cm³/mol. The molecular formula is C20H22N6. The average molecular weight is 346 g/mol. The Bertz CT molecular complexity index is 853. The molecule has 6 heteroatoms. The number of aromatic nitrogens is 4. The molecule has 0 bridgehead atoms. The Labute approximate surface area is 153 Å². The molecule has 132 valence electrons. The van der Waals surface area contributed by atoms with Gasteiger partial charge < -0.3 is 10.2 Å². The van der Waals surface area contributed by atoms with Crippen LogP contribution in [-0.2, 0) is 0 Å². The smallest absolute Gasteiger partial charge is 0.163 e. The Hall–Kier alpha value is -3.02. The van der Waals surface area contributed by atoms with E-state index in [0.717, 1.165) is 54.8 Å². The molecule has 26 heavy (non-hydrogen) atoms. The summed E-state index contributed by atoms with van der Waals surface area (Å²) in [6, 6.07) is 11.9. The Kier molecular flexibility index (Phi) is 4.73. The van der Waals surface area contributed by atoms with Gasteiger partial charge in [-0.15, -0.1) is 0 Å². The molecule has 0 saturated carbocycles. The van der Waals surface area contributed by atoms with E-state index in [2.05, 4.69) is 31.2 Å². The molecule has 0 spiro atoms. The van der Waals surface area contributed by atoms with Crippen molar-refractivity contribution in [1.29, 1.82) is 0 Å². The molecule has 4 rings (SSSR count). The number of nitrogens with one attached hydrogen (secondary N) is 1. The van der Waals surface area contributed by atoms with Crippen LogP contribution in [0.2, 0.25) is 0 Å². The van der Waals surface area contributed by atoms with Crippen LogP contribution >= 0.6 is 0 Å². The SMILES string of the molecule is Cc1cc(N2CCC(CNc3ccccn3)C2)nc(-c2cccnc2)n1. The predicted octanol–water partition coefficient (Wildman–Crippen LogP) is 3.18. The average Bonchev–Trinajstić information content (AvgIpc) is 3.17. The zero-order chi connectivity index (χ0) is 17.8. The molecule has 0 aliphatic carbocycles. The normalized spacial score (nSPS) is 16.7. The number of aryl methyl sites for hydroxylation is 1. The summed E-state index contributed by atoms with van der Waals surface area (Å²) in [6.45, 7) is 4.94. The minimum atomic E-state index is 0.578. The lowest BCUT2D eigenvalue weighted by atomic mass is 10.1. The van der Waals surface area contributed by atoms with Gasteiger partial charge in [0.15, 0.2) is 5.82 Å². The van der Waals surface area contributed by atoms with Gasteiger partial charge in [-0.2, -0.15) is 0 Å². The van der Waals surface area contributed by atoms with Crippen LogP contribution in [0, 0.1) is 12.8 Å². The molecule has 0 radical (unpaired) electrons. The summed E-state index contributed by atoms with van der Waals surface area (Å²) in [4.78, 5) is 20.2. The van der Waals surface area contributed by atoms with Gasteiger partial charge in [0.05, 0.1) is 0 Å². The largest absolute Gasteiger partial charge is 0.370 e. The summed E-state index contributed by atoms with van der Waals surface area (Å²) in [7, 11) is 0. The van der Waals surface area contributed by atoms with Crippen LogP contribution in [0.5, 0.6) is 0 Å². The topological polar surface area (TPSA) is 66.8 Å². The van der Waals surface area contributed by atoms with Crippen LogP contribution in [-0.4, -0.2) is 39.6 Å². The van der Waals surface area contributed by atoms with E-state index in [1.165, 1.54) is 0 Å². The molecule has 1 N–H and O–H groups in total. The highest BCUT2D eigenvalue weighted by molar-refractivity contribution is 5.57. The van der Waals surface area contributed by atoms with Crippen LogP contribution in [0.4, 0.5) is 11.6 Å². The van der Waals surface area contributed by atoms with Crippen molar-refractivity contribution in [3.05, 3.63) is 60.7 Å². The van der Waals surface area contributed by atoms with Crippen LogP contribution in [0.15, 0.2) is 55.0 Å². The van der Waals surface area contributed by atoms with Crippen molar-refractivity contribution in [3.63, 3.8) is 0 Å². The quantitative estimate of drug-likeness (QED) is 0.765. The van der Waals surface area contributed by atoms with E-state index in [-0.39, 0.29) is 0 Å². The number of hydrogen-bond acceptors (Lipinski definition) is 6. The second-order valence-electron chi connectivity index (χ2n) is 6.63. The lowest BCUT2D eigenvalue weighted by Gasteiger charge is -2.19. The third-order valence-electron chi connectivity index (χ3n) is 4.61. The summed E-state index contributed by atoms with van der Waals surface area (Å²) >= 11 is 0. The second-order valence-corrected chi connectivity index (χ2v) is 6.63. The first-order chi connectivity index (χ1) is 12.8.